The van der Waals surface area contributed by atoms with E-state index in [4.69, 9.17) is 9.51 Å². The monoisotopic (exact) mass is 417 g/mol. The lowest BCUT2D eigenvalue weighted by Gasteiger charge is -2.08. The van der Waals surface area contributed by atoms with Gasteiger partial charge in [0.15, 0.2) is 5.76 Å². The third-order valence-electron chi connectivity index (χ3n) is 5.18. The number of hydrogen-bond donors (Lipinski definition) is 2. The zero-order valence-corrected chi connectivity index (χ0v) is 18.1. The average molecular weight is 418 g/mol. The minimum Gasteiger partial charge on any atom is -0.354 e. The Hall–Kier alpha value is -3.58. The molecule has 0 unspecified atom stereocenters. The highest BCUT2D eigenvalue weighted by Crippen LogP contribution is 2.28. The molecular formula is C24H27N5O2. The van der Waals surface area contributed by atoms with E-state index in [0.29, 0.717) is 22.7 Å². The molecule has 7 nitrogen and oxygen atoms in total. The van der Waals surface area contributed by atoms with Gasteiger partial charge < -0.3 is 14.8 Å². The van der Waals surface area contributed by atoms with E-state index < -0.39 is 0 Å². The van der Waals surface area contributed by atoms with Gasteiger partial charge in [-0.05, 0) is 31.5 Å². The van der Waals surface area contributed by atoms with Crippen LogP contribution in [0.4, 0.5) is 0 Å². The van der Waals surface area contributed by atoms with Gasteiger partial charge in [-0.1, -0.05) is 43.3 Å². The Balaban J connectivity index is 0.00000289. The summed E-state index contributed by atoms with van der Waals surface area (Å²) in [4.78, 5) is 24.1. The summed E-state index contributed by atoms with van der Waals surface area (Å²) < 4.78 is 5.61. The summed E-state index contributed by atoms with van der Waals surface area (Å²) in [6, 6.07) is 11.9. The van der Waals surface area contributed by atoms with Crippen LogP contribution >= 0.6 is 0 Å². The van der Waals surface area contributed by atoms with E-state index in [0.717, 1.165) is 29.1 Å². The minimum absolute atomic E-state index is 0. The van der Waals surface area contributed by atoms with E-state index in [1.54, 1.807) is 12.4 Å². The van der Waals surface area contributed by atoms with E-state index in [2.05, 4.69) is 32.6 Å². The molecule has 1 aromatic carbocycles. The lowest BCUT2D eigenvalue weighted by molar-refractivity contribution is 0.433. The first-order chi connectivity index (χ1) is 15.0. The Morgan fingerprint density at radius 3 is 2.61 bits per heavy atom. The van der Waals surface area contributed by atoms with Crippen LogP contribution in [0.25, 0.3) is 34.0 Å². The SMILES string of the molecule is CNCc1ccc(-c2cc(-c3nc(-c4c[nH]c(=O)c(C(C)C)c4)cnc3C)on2)cc1.[HH]. The molecule has 7 heteroatoms. The second-order valence-corrected chi connectivity index (χ2v) is 7.82. The van der Waals surface area contributed by atoms with Gasteiger partial charge in [-0.2, -0.15) is 0 Å². The summed E-state index contributed by atoms with van der Waals surface area (Å²) >= 11 is 0. The summed E-state index contributed by atoms with van der Waals surface area (Å²) in [6.45, 7) is 6.67. The molecule has 4 rings (SSSR count). The highest BCUT2D eigenvalue weighted by molar-refractivity contribution is 5.68. The third-order valence-corrected chi connectivity index (χ3v) is 5.18. The number of hydrogen-bond acceptors (Lipinski definition) is 6. The fourth-order valence-electron chi connectivity index (χ4n) is 3.42. The van der Waals surface area contributed by atoms with Gasteiger partial charge in [0, 0.05) is 36.9 Å². The molecule has 2 N–H and O–H groups in total. The van der Waals surface area contributed by atoms with Crippen LogP contribution in [0.1, 0.15) is 38.0 Å². The maximum Gasteiger partial charge on any atom is 0.251 e. The van der Waals surface area contributed by atoms with Crippen molar-refractivity contribution in [1.82, 2.24) is 25.4 Å². The quantitative estimate of drug-likeness (QED) is 0.478. The van der Waals surface area contributed by atoms with Crippen molar-refractivity contribution in [2.75, 3.05) is 7.05 Å². The van der Waals surface area contributed by atoms with Crippen LogP contribution in [0.2, 0.25) is 0 Å². The molecule has 3 aromatic heterocycles. The highest BCUT2D eigenvalue weighted by atomic mass is 16.5. The number of aromatic nitrogens is 4. The number of rotatable bonds is 6. The summed E-state index contributed by atoms with van der Waals surface area (Å²) in [5.41, 5.74) is 6.37. The predicted molar refractivity (Wildman–Crippen MR) is 123 cm³/mol. The molecular weight excluding hydrogens is 390 g/mol. The fraction of sp³-hybridized carbons (Fsp3) is 0.250. The number of pyridine rings is 1. The van der Waals surface area contributed by atoms with E-state index in [1.165, 1.54) is 5.56 Å². The van der Waals surface area contributed by atoms with Gasteiger partial charge in [0.05, 0.1) is 17.6 Å². The standard InChI is InChI=1S/C24H25N5O2.H2/c1-14(2)19-9-18(12-27-24(19)30)21-13-26-15(3)23(28-21)22-10-20(29-31-22)17-7-5-16(6-8-17)11-25-4;/h5-10,12-14,25H,11H2,1-4H3,(H,27,30);1H. The minimum atomic E-state index is -0.0837. The van der Waals surface area contributed by atoms with Crippen LogP contribution in [-0.4, -0.2) is 27.2 Å². The molecule has 0 saturated heterocycles. The number of nitrogens with zero attached hydrogens (tertiary/aromatic N) is 3. The number of benzene rings is 1. The summed E-state index contributed by atoms with van der Waals surface area (Å²) in [7, 11) is 1.92. The van der Waals surface area contributed by atoms with Crippen molar-refractivity contribution < 1.29 is 5.95 Å². The van der Waals surface area contributed by atoms with Crippen LogP contribution < -0.4 is 10.9 Å². The van der Waals surface area contributed by atoms with Crippen molar-refractivity contribution in [2.45, 2.75) is 33.2 Å². The topological polar surface area (TPSA) is 96.7 Å². The van der Waals surface area contributed by atoms with Crippen LogP contribution in [-0.2, 0) is 6.54 Å². The number of aromatic amines is 1. The summed E-state index contributed by atoms with van der Waals surface area (Å²) in [6.07, 6.45) is 3.37. The molecule has 0 fully saturated rings. The maximum atomic E-state index is 12.1. The van der Waals surface area contributed by atoms with Gasteiger partial charge in [0.1, 0.15) is 11.4 Å². The smallest absolute Gasteiger partial charge is 0.251 e. The molecule has 0 saturated carbocycles. The molecule has 0 amide bonds. The number of nitrogens with one attached hydrogen (secondary N) is 2. The zero-order valence-electron chi connectivity index (χ0n) is 18.1. The predicted octanol–water partition coefficient (Wildman–Crippen LogP) is 4.55. The molecule has 0 atom stereocenters. The van der Waals surface area contributed by atoms with Gasteiger partial charge in [0.2, 0.25) is 0 Å². The molecule has 0 spiro atoms. The normalized spacial score (nSPS) is 11.3. The fourth-order valence-corrected chi connectivity index (χ4v) is 3.42. The molecule has 0 bridgehead atoms. The van der Waals surface area contributed by atoms with E-state index in [1.807, 2.05) is 52.1 Å². The molecule has 0 radical (unpaired) electrons. The lowest BCUT2D eigenvalue weighted by Crippen LogP contribution is -2.13. The molecule has 160 valence electrons. The average Bonchev–Trinajstić information content (AvgIpc) is 3.25. The number of aryl methyl sites for hydroxylation is 1. The Kier molecular flexibility index (Phi) is 5.77. The van der Waals surface area contributed by atoms with Gasteiger partial charge in [-0.3, -0.25) is 9.78 Å². The molecule has 3 heterocycles. The van der Waals surface area contributed by atoms with Crippen LogP contribution in [0, 0.1) is 6.92 Å². The van der Waals surface area contributed by atoms with Crippen LogP contribution in [0.15, 0.2) is 58.1 Å². The zero-order chi connectivity index (χ0) is 22.0. The van der Waals surface area contributed by atoms with Crippen molar-refractivity contribution in [3.05, 3.63) is 76.0 Å². The summed E-state index contributed by atoms with van der Waals surface area (Å²) in [5.74, 6) is 0.660. The number of H-pyrrole nitrogens is 1. The Morgan fingerprint density at radius 1 is 1.13 bits per heavy atom. The summed E-state index contributed by atoms with van der Waals surface area (Å²) in [5, 5.41) is 7.36. The largest absolute Gasteiger partial charge is 0.354 e. The van der Waals surface area contributed by atoms with E-state index >= 15 is 0 Å². The molecule has 4 aromatic rings. The van der Waals surface area contributed by atoms with Crippen molar-refractivity contribution >= 4 is 0 Å². The molecule has 0 aliphatic carbocycles. The van der Waals surface area contributed by atoms with Crippen LogP contribution in [0.5, 0.6) is 0 Å². The molecule has 31 heavy (non-hydrogen) atoms. The Labute approximate surface area is 182 Å². The second kappa shape index (κ2) is 8.65. The third kappa shape index (κ3) is 4.32. The second-order valence-electron chi connectivity index (χ2n) is 7.82. The van der Waals surface area contributed by atoms with Crippen molar-refractivity contribution in [3.63, 3.8) is 0 Å². The molecule has 0 aliphatic rings. The van der Waals surface area contributed by atoms with Gasteiger partial charge in [-0.25, -0.2) is 4.98 Å². The van der Waals surface area contributed by atoms with Gasteiger partial charge in [-0.15, -0.1) is 0 Å². The highest BCUT2D eigenvalue weighted by Gasteiger charge is 2.16. The van der Waals surface area contributed by atoms with E-state index in [9.17, 15) is 4.79 Å². The first-order valence-corrected chi connectivity index (χ1v) is 10.2. The molecule has 0 aliphatic heterocycles. The van der Waals surface area contributed by atoms with Crippen molar-refractivity contribution in [3.8, 4) is 34.0 Å². The first-order valence-electron chi connectivity index (χ1n) is 10.2. The Bertz CT molecular complexity index is 1260. The van der Waals surface area contributed by atoms with Crippen molar-refractivity contribution in [1.29, 1.82) is 0 Å². The first kappa shape index (κ1) is 20.7. The van der Waals surface area contributed by atoms with Crippen LogP contribution in [0.3, 0.4) is 0 Å². The van der Waals surface area contributed by atoms with Gasteiger partial charge in [0.25, 0.3) is 5.56 Å². The van der Waals surface area contributed by atoms with Crippen molar-refractivity contribution in [2.24, 2.45) is 0 Å². The lowest BCUT2D eigenvalue weighted by atomic mass is 10.0. The van der Waals surface area contributed by atoms with Gasteiger partial charge >= 0.3 is 0 Å². The maximum absolute atomic E-state index is 12.1. The Morgan fingerprint density at radius 2 is 1.90 bits per heavy atom. The van der Waals surface area contributed by atoms with E-state index in [-0.39, 0.29) is 12.9 Å².